The third kappa shape index (κ3) is 21.2. The molecule has 2 aliphatic rings. The Morgan fingerprint density at radius 3 is 2.15 bits per heavy atom. The lowest BCUT2D eigenvalue weighted by atomic mass is 9.96. The van der Waals surface area contributed by atoms with Gasteiger partial charge in [0, 0.05) is 72.5 Å². The first kappa shape index (κ1) is 80.5. The van der Waals surface area contributed by atoms with Crippen molar-refractivity contribution in [3.05, 3.63) is 167 Å². The number of benzene rings is 5. The van der Waals surface area contributed by atoms with E-state index >= 15 is 0 Å². The maximum atomic E-state index is 14.5. The Morgan fingerprint density at radius 2 is 1.49 bits per heavy atom. The third-order valence-corrected chi connectivity index (χ3v) is 19.9. The zero-order chi connectivity index (χ0) is 77.5. The second-order valence-corrected chi connectivity index (χ2v) is 28.1. The Morgan fingerprint density at radius 1 is 0.804 bits per heavy atom. The Kier molecular flexibility index (Phi) is 26.9. The number of nitrogens with one attached hydrogen (secondary N) is 3. The van der Waals surface area contributed by atoms with Crippen molar-refractivity contribution < 1.29 is 102 Å². The van der Waals surface area contributed by atoms with E-state index in [1.807, 2.05) is 44.3 Å². The predicted octanol–water partition coefficient (Wildman–Crippen LogP) is 8.05. The number of fused-ring (bicyclic) bond motifs is 1. The maximum absolute atomic E-state index is 14.5. The molecule has 34 heteroatoms. The van der Waals surface area contributed by atoms with Crippen LogP contribution in [0, 0.1) is 18.7 Å². The molecule has 8 aromatic rings. The fourth-order valence-electron chi connectivity index (χ4n) is 11.6. The number of alkyl halides is 3. The van der Waals surface area contributed by atoms with E-state index in [1.165, 1.54) is 54.9 Å². The van der Waals surface area contributed by atoms with E-state index in [0.717, 1.165) is 17.1 Å². The second kappa shape index (κ2) is 35.7. The maximum Gasteiger partial charge on any atom is 0.430 e. The number of aromatic nitrogens is 4. The van der Waals surface area contributed by atoms with Crippen LogP contribution in [-0.2, 0) is 68.0 Å². The molecule has 2 aliphatic heterocycles. The molecular weight excluding hydrogens is 1460 g/mol. The number of nitrogens with zero attached hydrogens (tertiary/aromatic N) is 7. The summed E-state index contributed by atoms with van der Waals surface area (Å²) in [5.41, 5.74) is 4.69. The average molecular weight is 1540 g/mol. The standard InChI is InChI=1S/C71H74ClFN10O15S2.C2HF3O2/c1-42(2)64(80-58(84)26-34-95-35-31-82-59(85)23-24-60(82)86)68(88)77-44(4)67(87)79-49-20-17-47(57(38-49)100(91,92)93)39-83(5)32-28-81(29-33-83)30-36-96-55-22-21-51(43(3)63(55)72)61-62-69(75-41-76-70(62)99-65(61)45-15-18-48(73)19-16-45)98-56(71(89)90)37-46-11-7-9-13-53(46)97-40-50-25-27-74-66(78-50)52-12-8-10-14-54(52)94-6;3-2(4,5)1(6)7/h7-25,27,38,41-42,44,56,64H,26,28-37,39-40H2,1-6H3,(H4-,77,79,80,84,87,88,89,90,91,92,93);(H,6,7)/t44-,56+,64-;/m0./s1. The number of ether oxygens (including phenoxy) is 5. The van der Waals surface area contributed by atoms with Crippen LogP contribution in [0.4, 0.5) is 23.2 Å². The molecule has 1 fully saturated rings. The summed E-state index contributed by atoms with van der Waals surface area (Å²) >= 11 is 8.51. The van der Waals surface area contributed by atoms with Crippen molar-refractivity contribution in [3.63, 3.8) is 0 Å². The van der Waals surface area contributed by atoms with Crippen LogP contribution in [0.3, 0.4) is 0 Å². The number of methoxy groups -OCH3 is 1. The number of hydrogen-bond acceptors (Lipinski definition) is 21. The summed E-state index contributed by atoms with van der Waals surface area (Å²) in [5.74, 6) is -5.97. The van der Waals surface area contributed by atoms with Crippen LogP contribution >= 0.6 is 22.9 Å². The van der Waals surface area contributed by atoms with Crippen molar-refractivity contribution in [2.75, 3.05) is 78.6 Å². The third-order valence-electron chi connectivity index (χ3n) is 17.3. The Hall–Kier alpha value is -10.6. The number of carboxylic acids is 2. The van der Waals surface area contributed by atoms with Crippen molar-refractivity contribution >= 4 is 90.4 Å². The highest BCUT2D eigenvalue weighted by atomic mass is 35.5. The molecule has 10 rings (SSSR count). The SMILES string of the molecule is COc1ccccc1-c1nccc(COc2ccccc2C[C@@H](Oc2ncnc3sc(-c4ccc(F)cc4)c(-c4ccc(OCCN5CC[N+](C)(Cc6ccc(NC(=O)[C@H](C)NC(=O)[C@@H](NC(=O)CCOCCN7C(=O)C=CC7=O)C(C)C)cc6S(=O)(=O)O)CC5)c(Cl)c4C)c23)C(=O)O)n1.O=C([O-])C(F)(F)F. The van der Waals surface area contributed by atoms with Gasteiger partial charge in [-0.15, -0.1) is 11.3 Å². The average Bonchev–Trinajstić information content (AvgIpc) is 1.61. The number of imide groups is 1. The monoisotopic (exact) mass is 1540 g/mol. The molecule has 0 aliphatic carbocycles. The number of carbonyl (C=O) groups excluding carboxylic acids is 6. The van der Waals surface area contributed by atoms with E-state index in [4.69, 9.17) is 50.2 Å². The highest BCUT2D eigenvalue weighted by Crippen LogP contribution is 2.50. The minimum absolute atomic E-state index is 0.00396. The second-order valence-electron chi connectivity index (χ2n) is 25.4. The molecule has 107 heavy (non-hydrogen) atoms. The molecule has 0 saturated carbocycles. The number of para-hydroxylation sites is 2. The number of hydrogen-bond donors (Lipinski definition) is 5. The summed E-state index contributed by atoms with van der Waals surface area (Å²) in [5, 5.41) is 28.2. The first-order valence-electron chi connectivity index (χ1n) is 33.3. The van der Waals surface area contributed by atoms with Gasteiger partial charge in [-0.05, 0) is 103 Å². The summed E-state index contributed by atoms with van der Waals surface area (Å²) in [7, 11) is -1.24. The number of carboxylic acid groups (broad SMARTS) is 2. The number of quaternary nitrogens is 1. The van der Waals surface area contributed by atoms with Crippen LogP contribution in [-0.4, -0.2) is 191 Å². The van der Waals surface area contributed by atoms with Gasteiger partial charge in [-0.3, -0.25) is 38.3 Å². The first-order valence-corrected chi connectivity index (χ1v) is 35.9. The molecule has 5 N–H and O–H groups in total. The van der Waals surface area contributed by atoms with E-state index in [2.05, 4.69) is 35.8 Å². The number of thiophene rings is 1. The van der Waals surface area contributed by atoms with Crippen LogP contribution in [0.5, 0.6) is 23.1 Å². The van der Waals surface area contributed by atoms with E-state index in [9.17, 15) is 64.4 Å². The number of piperazine rings is 1. The van der Waals surface area contributed by atoms with Gasteiger partial charge >= 0.3 is 12.1 Å². The quantitative estimate of drug-likeness (QED) is 0.00901. The van der Waals surface area contributed by atoms with Crippen LogP contribution in [0.25, 0.3) is 43.2 Å². The molecule has 0 bridgehead atoms. The number of rotatable bonds is 31. The molecule has 0 unspecified atom stereocenters. The number of likely N-dealkylation sites (N-methyl/N-ethyl adjacent to an activating group) is 1. The van der Waals surface area contributed by atoms with Crippen LogP contribution in [0.1, 0.15) is 49.6 Å². The lowest BCUT2D eigenvalue weighted by molar-refractivity contribution is -0.926. The first-order chi connectivity index (χ1) is 50.8. The molecule has 3 aromatic heterocycles. The van der Waals surface area contributed by atoms with E-state index in [-0.39, 0.29) is 68.8 Å². The normalized spacial score (nSPS) is 14.5. The number of halogens is 5. The summed E-state index contributed by atoms with van der Waals surface area (Å²) in [6.45, 7) is 10.1. The van der Waals surface area contributed by atoms with Gasteiger partial charge in [0.1, 0.15) is 76.9 Å². The summed E-state index contributed by atoms with van der Waals surface area (Å²) in [6.07, 6.45) is -1.66. The molecular formula is C73H75ClF4N10O17S2. The number of carbonyl (C=O) groups is 7. The van der Waals surface area contributed by atoms with Crippen molar-refractivity contribution in [1.82, 2.24) is 40.4 Å². The molecule has 0 radical (unpaired) electrons. The van der Waals surface area contributed by atoms with Gasteiger partial charge in [0.2, 0.25) is 29.7 Å². The van der Waals surface area contributed by atoms with Gasteiger partial charge in [-0.25, -0.2) is 29.1 Å². The highest BCUT2D eigenvalue weighted by molar-refractivity contribution is 7.85. The van der Waals surface area contributed by atoms with E-state index in [1.54, 1.807) is 75.7 Å². The van der Waals surface area contributed by atoms with E-state index < -0.39 is 87.7 Å². The number of aliphatic carboxylic acids is 2. The highest BCUT2D eigenvalue weighted by Gasteiger charge is 2.35. The zero-order valence-corrected chi connectivity index (χ0v) is 60.9. The molecule has 566 valence electrons. The van der Waals surface area contributed by atoms with Gasteiger partial charge in [0.15, 0.2) is 5.82 Å². The molecule has 3 atom stereocenters. The van der Waals surface area contributed by atoms with Crippen molar-refractivity contribution in [3.8, 4) is 56.1 Å². The number of anilines is 1. The van der Waals surface area contributed by atoms with Crippen molar-refractivity contribution in [2.24, 2.45) is 5.92 Å². The van der Waals surface area contributed by atoms with Crippen LogP contribution in [0.15, 0.2) is 139 Å². The fraction of sp³-hybridized carbons (Fsp3) is 0.329. The Balaban J connectivity index is 0.00000180. The minimum atomic E-state index is -5.19. The van der Waals surface area contributed by atoms with Crippen molar-refractivity contribution in [2.45, 2.75) is 82.9 Å². The lowest BCUT2D eigenvalue weighted by Gasteiger charge is -2.42. The van der Waals surface area contributed by atoms with Gasteiger partial charge in [-0.1, -0.05) is 74.0 Å². The smallest absolute Gasteiger partial charge is 0.430 e. The minimum Gasteiger partial charge on any atom is -0.542 e. The zero-order valence-electron chi connectivity index (χ0n) is 58.6. The molecule has 5 heterocycles. The lowest BCUT2D eigenvalue weighted by Crippen LogP contribution is -2.57. The Bertz CT molecular complexity index is 4740. The Labute approximate surface area is 620 Å². The van der Waals surface area contributed by atoms with Crippen LogP contribution in [0.2, 0.25) is 5.02 Å². The van der Waals surface area contributed by atoms with Crippen molar-refractivity contribution in [1.29, 1.82) is 0 Å². The largest absolute Gasteiger partial charge is 0.542 e. The van der Waals surface area contributed by atoms with Crippen LogP contribution < -0.4 is 40.0 Å². The fourth-order valence-corrected chi connectivity index (χ4v) is 13.7. The van der Waals surface area contributed by atoms with Gasteiger partial charge in [-0.2, -0.15) is 21.6 Å². The molecule has 0 spiro atoms. The molecule has 1 saturated heterocycles. The topological polar surface area (TPSA) is 357 Å². The summed E-state index contributed by atoms with van der Waals surface area (Å²) in [6, 6.07) is 27.8. The van der Waals surface area contributed by atoms with Gasteiger partial charge < -0.3 is 59.1 Å². The predicted molar refractivity (Wildman–Crippen MR) is 382 cm³/mol. The molecule has 5 aromatic carbocycles. The summed E-state index contributed by atoms with van der Waals surface area (Å²) in [4.78, 5) is 107. The van der Waals surface area contributed by atoms with E-state index in [0.29, 0.717) is 125 Å². The number of amides is 5. The molecule has 5 amide bonds. The van der Waals surface area contributed by atoms with Gasteiger partial charge in [0.05, 0.1) is 68.7 Å². The molecule has 27 nitrogen and oxygen atoms in total. The van der Waals surface area contributed by atoms with Gasteiger partial charge in [0.25, 0.3) is 21.9 Å². The summed E-state index contributed by atoms with van der Waals surface area (Å²) < 4.78 is 113.